The number of rotatable bonds is 4. The van der Waals surface area contributed by atoms with Gasteiger partial charge in [-0.3, -0.25) is 19.8 Å². The van der Waals surface area contributed by atoms with Crippen molar-refractivity contribution >= 4 is 23.3 Å². The van der Waals surface area contributed by atoms with Gasteiger partial charge in [0.2, 0.25) is 0 Å². The molecule has 1 amide bonds. The van der Waals surface area contributed by atoms with Gasteiger partial charge in [0.1, 0.15) is 11.9 Å². The van der Waals surface area contributed by atoms with E-state index in [4.69, 9.17) is 16.3 Å². The van der Waals surface area contributed by atoms with E-state index in [-0.39, 0.29) is 5.91 Å². The maximum atomic E-state index is 12.9. The number of amides is 1. The number of carbonyl (C=O) groups excluding carboxylic acids is 1. The molecule has 7 heteroatoms. The number of carbonyl (C=O) groups is 1. The van der Waals surface area contributed by atoms with E-state index >= 15 is 0 Å². The molecule has 1 aliphatic rings. The Morgan fingerprint density at radius 3 is 2.73 bits per heavy atom. The number of benzene rings is 1. The number of H-pyrrole nitrogens is 1. The standard InChI is InChI=1S/C19H17ClN4O2/c20-15-3-1-13(2-4-15)11-17-19(25)24(9-10-26-17)18-12-16(22-23-18)14-5-7-21-8-6-14/h1-8,12,17H,9-11H2,(H,22,23)/t17-/m1/s1. The van der Waals surface area contributed by atoms with Gasteiger partial charge in [0, 0.05) is 35.5 Å². The van der Waals surface area contributed by atoms with Crippen molar-refractivity contribution in [2.75, 3.05) is 18.1 Å². The molecule has 3 heterocycles. The summed E-state index contributed by atoms with van der Waals surface area (Å²) in [7, 11) is 0. The van der Waals surface area contributed by atoms with Crippen LogP contribution in [0.4, 0.5) is 5.82 Å². The number of ether oxygens (including phenoxy) is 1. The number of hydrogen-bond donors (Lipinski definition) is 1. The van der Waals surface area contributed by atoms with Crippen molar-refractivity contribution in [1.82, 2.24) is 15.2 Å². The van der Waals surface area contributed by atoms with Crippen molar-refractivity contribution in [3.05, 3.63) is 65.4 Å². The Morgan fingerprint density at radius 2 is 1.96 bits per heavy atom. The number of hydrogen-bond acceptors (Lipinski definition) is 4. The third-order valence-corrected chi connectivity index (χ3v) is 4.59. The molecule has 1 N–H and O–H groups in total. The van der Waals surface area contributed by atoms with E-state index in [0.29, 0.717) is 30.4 Å². The van der Waals surface area contributed by atoms with Gasteiger partial charge in [-0.05, 0) is 29.8 Å². The Morgan fingerprint density at radius 1 is 1.19 bits per heavy atom. The molecule has 26 heavy (non-hydrogen) atoms. The van der Waals surface area contributed by atoms with Crippen LogP contribution in [-0.2, 0) is 16.0 Å². The zero-order valence-electron chi connectivity index (χ0n) is 13.9. The summed E-state index contributed by atoms with van der Waals surface area (Å²) >= 11 is 5.92. The molecule has 2 aromatic heterocycles. The number of nitrogens with one attached hydrogen (secondary N) is 1. The van der Waals surface area contributed by atoms with Crippen LogP contribution in [0.5, 0.6) is 0 Å². The summed E-state index contributed by atoms with van der Waals surface area (Å²) in [4.78, 5) is 18.6. The molecule has 1 aliphatic heterocycles. The summed E-state index contributed by atoms with van der Waals surface area (Å²) in [5.74, 6) is 0.599. The van der Waals surface area contributed by atoms with Crippen LogP contribution in [0, 0.1) is 0 Å². The fourth-order valence-corrected chi connectivity index (χ4v) is 3.11. The SMILES string of the molecule is O=C1[C@@H](Cc2ccc(Cl)cc2)OCCN1c1cc(-c2ccncc2)n[nH]1. The van der Waals surface area contributed by atoms with Crippen LogP contribution < -0.4 is 4.90 Å². The zero-order valence-corrected chi connectivity index (χ0v) is 14.7. The number of aromatic nitrogens is 3. The first-order valence-electron chi connectivity index (χ1n) is 8.34. The molecule has 1 fully saturated rings. The summed E-state index contributed by atoms with van der Waals surface area (Å²) in [6.45, 7) is 0.974. The highest BCUT2D eigenvalue weighted by Crippen LogP contribution is 2.24. The lowest BCUT2D eigenvalue weighted by atomic mass is 10.1. The normalized spacial score (nSPS) is 17.5. The average Bonchev–Trinajstić information content (AvgIpc) is 3.16. The van der Waals surface area contributed by atoms with Crippen LogP contribution in [0.1, 0.15) is 5.56 Å². The Kier molecular flexibility index (Phi) is 4.69. The van der Waals surface area contributed by atoms with Gasteiger partial charge < -0.3 is 4.74 Å². The van der Waals surface area contributed by atoms with Gasteiger partial charge in [0.05, 0.1) is 18.8 Å². The van der Waals surface area contributed by atoms with E-state index in [9.17, 15) is 4.79 Å². The van der Waals surface area contributed by atoms with Gasteiger partial charge in [0.15, 0.2) is 0 Å². The third-order valence-electron chi connectivity index (χ3n) is 4.34. The highest BCUT2D eigenvalue weighted by Gasteiger charge is 2.31. The molecule has 6 nitrogen and oxygen atoms in total. The fourth-order valence-electron chi connectivity index (χ4n) is 2.98. The molecule has 0 spiro atoms. The van der Waals surface area contributed by atoms with E-state index in [0.717, 1.165) is 16.8 Å². The van der Waals surface area contributed by atoms with Crippen molar-refractivity contribution in [3.8, 4) is 11.3 Å². The van der Waals surface area contributed by atoms with Crippen molar-refractivity contribution in [2.24, 2.45) is 0 Å². The van der Waals surface area contributed by atoms with E-state index in [1.54, 1.807) is 17.3 Å². The smallest absolute Gasteiger partial charge is 0.257 e. The van der Waals surface area contributed by atoms with E-state index in [1.807, 2.05) is 42.5 Å². The largest absolute Gasteiger partial charge is 0.366 e. The monoisotopic (exact) mass is 368 g/mol. The zero-order chi connectivity index (χ0) is 17.9. The molecule has 0 aliphatic carbocycles. The highest BCUT2D eigenvalue weighted by atomic mass is 35.5. The minimum absolute atomic E-state index is 0.0730. The molecule has 0 saturated carbocycles. The Balaban J connectivity index is 1.51. The van der Waals surface area contributed by atoms with Gasteiger partial charge >= 0.3 is 0 Å². The second-order valence-corrected chi connectivity index (χ2v) is 6.49. The van der Waals surface area contributed by atoms with Crippen molar-refractivity contribution in [2.45, 2.75) is 12.5 Å². The quantitative estimate of drug-likeness (QED) is 0.768. The predicted molar refractivity (Wildman–Crippen MR) is 99.1 cm³/mol. The van der Waals surface area contributed by atoms with Gasteiger partial charge in [-0.1, -0.05) is 23.7 Å². The molecular weight excluding hydrogens is 352 g/mol. The molecular formula is C19H17ClN4O2. The second-order valence-electron chi connectivity index (χ2n) is 6.05. The van der Waals surface area contributed by atoms with E-state index in [1.165, 1.54) is 0 Å². The molecule has 1 saturated heterocycles. The summed E-state index contributed by atoms with van der Waals surface area (Å²) in [6, 6.07) is 13.1. The van der Waals surface area contributed by atoms with Crippen LogP contribution in [-0.4, -0.2) is 40.3 Å². The number of aromatic amines is 1. The van der Waals surface area contributed by atoms with Gasteiger partial charge in [-0.15, -0.1) is 0 Å². The Labute approximate surface area is 155 Å². The fraction of sp³-hybridized carbons (Fsp3) is 0.211. The highest BCUT2D eigenvalue weighted by molar-refractivity contribution is 6.30. The number of halogens is 1. The third kappa shape index (κ3) is 3.47. The number of anilines is 1. The van der Waals surface area contributed by atoms with E-state index < -0.39 is 6.10 Å². The molecule has 0 unspecified atom stereocenters. The average molecular weight is 369 g/mol. The number of morpholine rings is 1. The number of nitrogens with zero attached hydrogens (tertiary/aromatic N) is 3. The minimum Gasteiger partial charge on any atom is -0.366 e. The lowest BCUT2D eigenvalue weighted by molar-refractivity contribution is -0.133. The molecule has 132 valence electrons. The molecule has 0 radical (unpaired) electrons. The number of pyridine rings is 1. The van der Waals surface area contributed by atoms with Gasteiger partial charge in [-0.2, -0.15) is 5.10 Å². The van der Waals surface area contributed by atoms with Crippen LogP contribution in [0.2, 0.25) is 5.02 Å². The summed E-state index contributed by atoms with van der Waals surface area (Å²) in [5.41, 5.74) is 2.73. The van der Waals surface area contributed by atoms with Crippen molar-refractivity contribution in [3.63, 3.8) is 0 Å². The van der Waals surface area contributed by atoms with Crippen LogP contribution in [0.3, 0.4) is 0 Å². The first kappa shape index (κ1) is 16.8. The van der Waals surface area contributed by atoms with Crippen molar-refractivity contribution in [1.29, 1.82) is 0 Å². The van der Waals surface area contributed by atoms with Gasteiger partial charge in [-0.25, -0.2) is 0 Å². The topological polar surface area (TPSA) is 71.1 Å². The van der Waals surface area contributed by atoms with Crippen molar-refractivity contribution < 1.29 is 9.53 Å². The molecule has 4 rings (SSSR count). The minimum atomic E-state index is -0.516. The summed E-state index contributed by atoms with van der Waals surface area (Å²) in [5, 5.41) is 7.94. The molecule has 0 bridgehead atoms. The molecule has 3 aromatic rings. The first-order chi connectivity index (χ1) is 12.7. The second kappa shape index (κ2) is 7.27. The summed E-state index contributed by atoms with van der Waals surface area (Å²) < 4.78 is 5.70. The molecule has 1 aromatic carbocycles. The predicted octanol–water partition coefficient (Wildman–Crippen LogP) is 3.10. The Bertz CT molecular complexity index is 895. The van der Waals surface area contributed by atoms with Crippen LogP contribution in [0.25, 0.3) is 11.3 Å². The Hall–Kier alpha value is -2.70. The van der Waals surface area contributed by atoms with Crippen LogP contribution >= 0.6 is 11.6 Å². The lowest BCUT2D eigenvalue weighted by Crippen LogP contribution is -2.49. The van der Waals surface area contributed by atoms with E-state index in [2.05, 4.69) is 15.2 Å². The molecule has 1 atom stereocenters. The van der Waals surface area contributed by atoms with Gasteiger partial charge in [0.25, 0.3) is 5.91 Å². The maximum absolute atomic E-state index is 12.9. The first-order valence-corrected chi connectivity index (χ1v) is 8.72. The lowest BCUT2D eigenvalue weighted by Gasteiger charge is -2.31. The van der Waals surface area contributed by atoms with Crippen LogP contribution in [0.15, 0.2) is 54.9 Å². The summed E-state index contributed by atoms with van der Waals surface area (Å²) in [6.07, 6.45) is 3.42. The maximum Gasteiger partial charge on any atom is 0.257 e.